The van der Waals surface area contributed by atoms with Crippen LogP contribution in [0.1, 0.15) is 336 Å². The lowest BCUT2D eigenvalue weighted by molar-refractivity contribution is -0.161. The number of carbonyl (C=O) groups is 4. The zero-order chi connectivity index (χ0) is 70.4. The third-order valence-electron chi connectivity index (χ3n) is 16.1. The first-order chi connectivity index (χ1) is 46.7. The Kier molecular flexibility index (Phi) is 67.4. The zero-order valence-electron chi connectivity index (χ0n) is 60.8. The zero-order valence-corrected chi connectivity index (χ0v) is 62.6. The maximum Gasteiger partial charge on any atom is 0.472 e. The number of phosphoric ester groups is 2. The van der Waals surface area contributed by atoms with Gasteiger partial charge in [0.25, 0.3) is 0 Å². The van der Waals surface area contributed by atoms with Gasteiger partial charge in [-0.3, -0.25) is 37.3 Å². The maximum atomic E-state index is 13.1. The van der Waals surface area contributed by atoms with Gasteiger partial charge in [-0.15, -0.1) is 0 Å². The van der Waals surface area contributed by atoms with Crippen molar-refractivity contribution in [2.24, 2.45) is 0 Å². The quantitative estimate of drug-likeness (QED) is 0.0169. The molecule has 0 radical (unpaired) electrons. The van der Waals surface area contributed by atoms with Crippen LogP contribution in [-0.2, 0) is 65.4 Å². The highest BCUT2D eigenvalue weighted by Gasteiger charge is 2.30. The van der Waals surface area contributed by atoms with Crippen molar-refractivity contribution in [2.45, 2.75) is 354 Å². The van der Waals surface area contributed by atoms with Gasteiger partial charge in [0, 0.05) is 25.7 Å². The van der Waals surface area contributed by atoms with E-state index in [2.05, 4.69) is 101 Å². The van der Waals surface area contributed by atoms with Gasteiger partial charge in [0.2, 0.25) is 0 Å². The van der Waals surface area contributed by atoms with Crippen LogP contribution in [0.2, 0.25) is 0 Å². The topological polar surface area (TPSA) is 237 Å². The molecule has 0 heterocycles. The normalized spacial score (nSPS) is 14.4. The van der Waals surface area contributed by atoms with Crippen molar-refractivity contribution in [3.8, 4) is 0 Å². The van der Waals surface area contributed by atoms with Crippen molar-refractivity contribution in [3.05, 3.63) is 72.9 Å². The van der Waals surface area contributed by atoms with Crippen molar-refractivity contribution in [1.82, 2.24) is 0 Å². The SMILES string of the molecule is CC/C=C\C/C=C\C/C=C\CCCCCCCCCC(=O)OCC(COP(=O)(O)OCC(O)COP(=O)(O)OCC(COC(=O)CCCCCCC/C=C\CCCCCC)OC(=O)CCCCCCC/C=C\CCCC)OC(=O)CCCCCCC/C=C\CCCCCCCC. The van der Waals surface area contributed by atoms with Gasteiger partial charge in [0.1, 0.15) is 19.3 Å². The summed E-state index contributed by atoms with van der Waals surface area (Å²) < 4.78 is 68.4. The minimum atomic E-state index is -4.97. The Bertz CT molecular complexity index is 2110. The molecule has 0 spiro atoms. The predicted octanol–water partition coefficient (Wildman–Crippen LogP) is 21.7. The second-order valence-electron chi connectivity index (χ2n) is 25.6. The largest absolute Gasteiger partial charge is 0.472 e. The summed E-state index contributed by atoms with van der Waals surface area (Å²) >= 11 is 0. The lowest BCUT2D eigenvalue weighted by Crippen LogP contribution is -2.30. The summed E-state index contributed by atoms with van der Waals surface area (Å²) in [6.45, 7) is 4.70. The lowest BCUT2D eigenvalue weighted by atomic mass is 10.1. The molecule has 0 amide bonds. The van der Waals surface area contributed by atoms with E-state index in [1.165, 1.54) is 77.0 Å². The molecule has 0 aromatic carbocycles. The van der Waals surface area contributed by atoms with Crippen LogP contribution in [0, 0.1) is 0 Å². The van der Waals surface area contributed by atoms with Crippen LogP contribution >= 0.6 is 15.6 Å². The smallest absolute Gasteiger partial charge is 0.462 e. The number of allylic oxidation sites excluding steroid dienone is 12. The second-order valence-corrected chi connectivity index (χ2v) is 28.5. The van der Waals surface area contributed by atoms with Crippen molar-refractivity contribution in [1.29, 1.82) is 0 Å². The molecule has 0 aromatic rings. The van der Waals surface area contributed by atoms with E-state index in [0.717, 1.165) is 180 Å². The van der Waals surface area contributed by atoms with Crippen LogP contribution in [0.15, 0.2) is 72.9 Å². The minimum Gasteiger partial charge on any atom is -0.462 e. The lowest BCUT2D eigenvalue weighted by Gasteiger charge is -2.21. The monoisotopic (exact) mass is 1400 g/mol. The molecule has 0 saturated heterocycles. The highest BCUT2D eigenvalue weighted by atomic mass is 31.2. The number of carbonyl (C=O) groups excluding carboxylic acids is 4. The molecule has 3 N–H and O–H groups in total. The molecule has 19 heteroatoms. The summed E-state index contributed by atoms with van der Waals surface area (Å²) in [5.74, 6) is -2.19. The number of rotatable bonds is 72. The van der Waals surface area contributed by atoms with Gasteiger partial charge >= 0.3 is 39.5 Å². The average molecular weight is 1400 g/mol. The summed E-state index contributed by atoms with van der Waals surface area (Å²) in [4.78, 5) is 72.8. The Hall–Kier alpha value is -3.50. The van der Waals surface area contributed by atoms with Crippen LogP contribution in [0.4, 0.5) is 0 Å². The molecule has 0 aliphatic heterocycles. The molecule has 5 unspecified atom stereocenters. The second kappa shape index (κ2) is 70.0. The van der Waals surface area contributed by atoms with Gasteiger partial charge in [-0.2, -0.15) is 0 Å². The molecule has 0 aliphatic rings. The van der Waals surface area contributed by atoms with E-state index < -0.39 is 97.5 Å². The predicted molar refractivity (Wildman–Crippen MR) is 390 cm³/mol. The highest BCUT2D eigenvalue weighted by Crippen LogP contribution is 2.45. The number of esters is 4. The summed E-state index contributed by atoms with van der Waals surface area (Å²) in [5, 5.41) is 10.6. The minimum absolute atomic E-state index is 0.0851. The van der Waals surface area contributed by atoms with E-state index >= 15 is 0 Å². The first-order valence-electron chi connectivity index (χ1n) is 38.2. The summed E-state index contributed by atoms with van der Waals surface area (Å²) in [7, 11) is -9.94. The summed E-state index contributed by atoms with van der Waals surface area (Å²) in [5.41, 5.74) is 0. The Morgan fingerprint density at radius 1 is 0.302 bits per heavy atom. The van der Waals surface area contributed by atoms with Gasteiger partial charge in [-0.05, 0) is 128 Å². The van der Waals surface area contributed by atoms with Gasteiger partial charge in [0.15, 0.2) is 12.2 Å². The molecule has 558 valence electrons. The molecule has 0 bridgehead atoms. The highest BCUT2D eigenvalue weighted by molar-refractivity contribution is 7.47. The first-order valence-corrected chi connectivity index (χ1v) is 41.2. The van der Waals surface area contributed by atoms with E-state index in [1.807, 2.05) is 0 Å². The van der Waals surface area contributed by atoms with E-state index in [9.17, 15) is 43.2 Å². The fourth-order valence-corrected chi connectivity index (χ4v) is 11.8. The number of aliphatic hydroxyl groups excluding tert-OH is 1. The van der Waals surface area contributed by atoms with Crippen LogP contribution in [-0.4, -0.2) is 96.7 Å². The third-order valence-corrected chi connectivity index (χ3v) is 18.0. The van der Waals surface area contributed by atoms with E-state index in [-0.39, 0.29) is 25.7 Å². The van der Waals surface area contributed by atoms with E-state index in [4.69, 9.17) is 37.0 Å². The van der Waals surface area contributed by atoms with Gasteiger partial charge < -0.3 is 33.8 Å². The number of hydrogen-bond acceptors (Lipinski definition) is 15. The Balaban J connectivity index is 5.32. The number of ether oxygens (including phenoxy) is 4. The fraction of sp³-hybridized carbons (Fsp3) is 0.792. The molecule has 0 aliphatic carbocycles. The fourth-order valence-electron chi connectivity index (χ4n) is 10.3. The van der Waals surface area contributed by atoms with Crippen LogP contribution in [0.3, 0.4) is 0 Å². The Morgan fingerprint density at radius 2 is 0.552 bits per heavy atom. The number of unbranched alkanes of at least 4 members (excludes halogenated alkanes) is 34. The molecule has 0 saturated carbocycles. The van der Waals surface area contributed by atoms with Crippen LogP contribution in [0.25, 0.3) is 0 Å². The van der Waals surface area contributed by atoms with Gasteiger partial charge in [0.05, 0.1) is 26.4 Å². The van der Waals surface area contributed by atoms with Gasteiger partial charge in [-0.25, -0.2) is 9.13 Å². The average Bonchev–Trinajstić information content (AvgIpc) is 2.18. The maximum absolute atomic E-state index is 13.1. The Morgan fingerprint density at radius 3 is 0.885 bits per heavy atom. The van der Waals surface area contributed by atoms with Crippen molar-refractivity contribution < 1.29 is 80.2 Å². The van der Waals surface area contributed by atoms with E-state index in [0.29, 0.717) is 25.7 Å². The van der Waals surface area contributed by atoms with Crippen LogP contribution < -0.4 is 0 Å². The summed E-state index contributed by atoms with van der Waals surface area (Å²) in [6, 6.07) is 0. The number of aliphatic hydroxyl groups is 1. The molecule has 0 fully saturated rings. The molecule has 17 nitrogen and oxygen atoms in total. The number of hydrogen-bond donors (Lipinski definition) is 3. The first kappa shape index (κ1) is 92.5. The summed E-state index contributed by atoms with van der Waals surface area (Å²) in [6.07, 6.45) is 68.9. The van der Waals surface area contributed by atoms with E-state index in [1.54, 1.807) is 0 Å². The molecular formula is C77H138O17P2. The Labute approximate surface area is 583 Å². The molecule has 0 rings (SSSR count). The van der Waals surface area contributed by atoms with Crippen molar-refractivity contribution >= 4 is 39.5 Å². The molecule has 96 heavy (non-hydrogen) atoms. The molecular weight excluding hydrogens is 1260 g/mol. The van der Waals surface area contributed by atoms with Crippen molar-refractivity contribution in [2.75, 3.05) is 39.6 Å². The standard InChI is InChI=1S/C77H138O17P2/c1-5-9-13-17-21-25-29-32-34-35-37-39-43-46-50-54-58-62-75(80)88-68-73(94-77(82)64-60-56-52-48-44-40-36-33-30-26-22-18-14-10-6-2)70-92-96(85,86)90-66-71(78)65-89-95(83,84)91-69-72(93-76(81)63-59-55-51-47-41-28-24-20-16-12-8-4)67-87-74(79)61-57-53-49-45-42-38-31-27-23-19-15-11-7-3/h9,13,20-21,24-25,27,31-34,36,71-73,78H,5-8,10-12,14-19,22-23,26,28-30,35,37-70H2,1-4H3,(H,83,84)(H,85,86)/b13-9-,24-20-,25-21-,31-27-,34-32-,36-33-. The van der Waals surface area contributed by atoms with Crippen LogP contribution in [0.5, 0.6) is 0 Å². The third kappa shape index (κ3) is 69.0. The molecule has 5 atom stereocenters. The van der Waals surface area contributed by atoms with Crippen molar-refractivity contribution in [3.63, 3.8) is 0 Å². The molecule has 0 aromatic heterocycles. The number of phosphoric acid groups is 2. The van der Waals surface area contributed by atoms with Gasteiger partial charge in [-0.1, -0.05) is 255 Å².